The number of para-hydroxylation sites is 2. The topological polar surface area (TPSA) is 28.7 Å². The van der Waals surface area contributed by atoms with Gasteiger partial charge in [-0.1, -0.05) is 40.2 Å². The second kappa shape index (κ2) is 4.34. The van der Waals surface area contributed by atoms with Gasteiger partial charge < -0.3 is 4.98 Å². The average molecular weight is 287 g/mol. The van der Waals surface area contributed by atoms with Crippen LogP contribution < -0.4 is 0 Å². The maximum Gasteiger partial charge on any atom is 0.111 e. The van der Waals surface area contributed by atoms with E-state index in [1.54, 1.807) is 0 Å². The molecule has 17 heavy (non-hydrogen) atoms. The third-order valence-electron chi connectivity index (χ3n) is 2.72. The lowest BCUT2D eigenvalue weighted by Gasteiger charge is -1.97. The van der Waals surface area contributed by atoms with Gasteiger partial charge in [-0.2, -0.15) is 0 Å². The summed E-state index contributed by atoms with van der Waals surface area (Å²) in [7, 11) is 0. The second-order valence-corrected chi connectivity index (χ2v) is 4.92. The lowest BCUT2D eigenvalue weighted by atomic mass is 10.1. The van der Waals surface area contributed by atoms with Crippen molar-refractivity contribution in [1.82, 2.24) is 9.97 Å². The Hall–Kier alpha value is -1.61. The summed E-state index contributed by atoms with van der Waals surface area (Å²) in [6.07, 6.45) is 0.835. The highest BCUT2D eigenvalue weighted by Crippen LogP contribution is 2.15. The molecule has 0 aliphatic heterocycles. The van der Waals surface area contributed by atoms with Gasteiger partial charge >= 0.3 is 0 Å². The summed E-state index contributed by atoms with van der Waals surface area (Å²) in [6.45, 7) is 0. The van der Waals surface area contributed by atoms with Crippen LogP contribution in [0.1, 0.15) is 11.4 Å². The van der Waals surface area contributed by atoms with Crippen molar-refractivity contribution in [2.24, 2.45) is 0 Å². The first-order chi connectivity index (χ1) is 8.31. The molecule has 3 rings (SSSR count). The van der Waals surface area contributed by atoms with Crippen molar-refractivity contribution in [3.05, 3.63) is 64.4 Å². The molecule has 84 valence electrons. The van der Waals surface area contributed by atoms with Gasteiger partial charge in [0.1, 0.15) is 5.82 Å². The van der Waals surface area contributed by atoms with E-state index in [2.05, 4.69) is 50.2 Å². The van der Waals surface area contributed by atoms with Crippen LogP contribution >= 0.6 is 15.9 Å². The quantitative estimate of drug-likeness (QED) is 0.760. The van der Waals surface area contributed by atoms with Crippen molar-refractivity contribution in [2.75, 3.05) is 0 Å². The van der Waals surface area contributed by atoms with Crippen molar-refractivity contribution < 1.29 is 0 Å². The van der Waals surface area contributed by atoms with Gasteiger partial charge in [0.15, 0.2) is 0 Å². The van der Waals surface area contributed by atoms with E-state index in [1.165, 1.54) is 5.56 Å². The van der Waals surface area contributed by atoms with Crippen LogP contribution in [0.5, 0.6) is 0 Å². The Morgan fingerprint density at radius 1 is 1.00 bits per heavy atom. The number of H-pyrrole nitrogens is 1. The van der Waals surface area contributed by atoms with Crippen LogP contribution in [0.15, 0.2) is 53.0 Å². The van der Waals surface area contributed by atoms with E-state index >= 15 is 0 Å². The minimum atomic E-state index is 0.835. The van der Waals surface area contributed by atoms with Crippen molar-refractivity contribution in [3.8, 4) is 0 Å². The smallest absolute Gasteiger partial charge is 0.111 e. The van der Waals surface area contributed by atoms with Gasteiger partial charge in [-0.3, -0.25) is 0 Å². The summed E-state index contributed by atoms with van der Waals surface area (Å²) < 4.78 is 1.10. The van der Waals surface area contributed by atoms with Crippen LogP contribution in [0, 0.1) is 0 Å². The maximum absolute atomic E-state index is 4.56. The van der Waals surface area contributed by atoms with Gasteiger partial charge in [0.25, 0.3) is 0 Å². The molecule has 3 heteroatoms. The van der Waals surface area contributed by atoms with Crippen molar-refractivity contribution in [2.45, 2.75) is 6.42 Å². The van der Waals surface area contributed by atoms with Crippen LogP contribution in [0.4, 0.5) is 0 Å². The number of fused-ring (bicyclic) bond motifs is 1. The third-order valence-corrected chi connectivity index (χ3v) is 3.25. The molecule has 0 amide bonds. The molecule has 0 fully saturated rings. The lowest BCUT2D eigenvalue weighted by Crippen LogP contribution is -1.89. The van der Waals surface area contributed by atoms with Crippen LogP contribution in [0.2, 0.25) is 0 Å². The molecule has 2 nitrogen and oxygen atoms in total. The predicted molar refractivity (Wildman–Crippen MR) is 73.0 cm³/mol. The Morgan fingerprint density at radius 3 is 2.53 bits per heavy atom. The molecular formula is C14H11BrN2. The molecule has 0 aliphatic rings. The molecule has 0 saturated heterocycles. The van der Waals surface area contributed by atoms with Gasteiger partial charge in [-0.15, -0.1) is 0 Å². The number of aromatic nitrogens is 2. The molecule has 0 atom stereocenters. The molecular weight excluding hydrogens is 276 g/mol. The fourth-order valence-corrected chi connectivity index (χ4v) is 2.15. The highest BCUT2D eigenvalue weighted by Gasteiger charge is 2.02. The number of hydrogen-bond donors (Lipinski definition) is 1. The summed E-state index contributed by atoms with van der Waals surface area (Å²) in [5.74, 6) is 1.01. The van der Waals surface area contributed by atoms with E-state index in [0.717, 1.165) is 27.8 Å². The van der Waals surface area contributed by atoms with E-state index in [-0.39, 0.29) is 0 Å². The standard InChI is InChI=1S/C14H11BrN2/c15-11-7-5-10(6-8-11)9-14-16-12-3-1-2-4-13(12)17-14/h1-8H,9H2,(H,16,17). The molecule has 0 aliphatic carbocycles. The fourth-order valence-electron chi connectivity index (χ4n) is 1.88. The highest BCUT2D eigenvalue weighted by molar-refractivity contribution is 9.10. The van der Waals surface area contributed by atoms with Crippen LogP contribution in [0.3, 0.4) is 0 Å². The zero-order valence-corrected chi connectivity index (χ0v) is 10.7. The number of halogens is 1. The molecule has 3 aromatic rings. The first-order valence-corrected chi connectivity index (χ1v) is 6.29. The van der Waals surface area contributed by atoms with Crippen molar-refractivity contribution in [1.29, 1.82) is 0 Å². The molecule has 1 aromatic heterocycles. The van der Waals surface area contributed by atoms with Crippen molar-refractivity contribution >= 4 is 27.0 Å². The lowest BCUT2D eigenvalue weighted by molar-refractivity contribution is 1.04. The molecule has 0 bridgehead atoms. The summed E-state index contributed by atoms with van der Waals surface area (Å²) in [5, 5.41) is 0. The maximum atomic E-state index is 4.56. The number of imidazole rings is 1. The van der Waals surface area contributed by atoms with Gasteiger partial charge in [-0.25, -0.2) is 4.98 Å². The van der Waals surface area contributed by atoms with E-state index in [9.17, 15) is 0 Å². The Labute approximate surface area is 108 Å². The second-order valence-electron chi connectivity index (χ2n) is 4.00. The largest absolute Gasteiger partial charge is 0.342 e. The molecule has 0 saturated carbocycles. The van der Waals surface area contributed by atoms with E-state index in [4.69, 9.17) is 0 Å². The predicted octanol–water partition coefficient (Wildman–Crippen LogP) is 3.92. The molecule has 1 N–H and O–H groups in total. The molecule has 1 heterocycles. The minimum absolute atomic E-state index is 0.835. The van der Waals surface area contributed by atoms with E-state index in [1.807, 2.05) is 24.3 Å². The van der Waals surface area contributed by atoms with Crippen LogP contribution in [0.25, 0.3) is 11.0 Å². The number of benzene rings is 2. The summed E-state index contributed by atoms with van der Waals surface area (Å²) >= 11 is 3.44. The number of nitrogens with zero attached hydrogens (tertiary/aromatic N) is 1. The van der Waals surface area contributed by atoms with Crippen LogP contribution in [-0.2, 0) is 6.42 Å². The number of rotatable bonds is 2. The Morgan fingerprint density at radius 2 is 1.76 bits per heavy atom. The Kier molecular flexibility index (Phi) is 2.69. The summed E-state index contributed by atoms with van der Waals surface area (Å²) in [6, 6.07) is 16.4. The van der Waals surface area contributed by atoms with E-state index < -0.39 is 0 Å². The average Bonchev–Trinajstić information content (AvgIpc) is 2.74. The summed E-state index contributed by atoms with van der Waals surface area (Å²) in [5.41, 5.74) is 3.38. The Bertz CT molecular complexity index is 608. The van der Waals surface area contributed by atoms with Gasteiger partial charge in [-0.05, 0) is 29.8 Å². The highest BCUT2D eigenvalue weighted by atomic mass is 79.9. The first kappa shape index (κ1) is 10.5. The van der Waals surface area contributed by atoms with Gasteiger partial charge in [0.2, 0.25) is 0 Å². The summed E-state index contributed by atoms with van der Waals surface area (Å²) in [4.78, 5) is 7.90. The zero-order chi connectivity index (χ0) is 11.7. The molecule has 2 aromatic carbocycles. The SMILES string of the molecule is Brc1ccc(Cc2nc3ccccc3[nH]2)cc1. The normalized spacial score (nSPS) is 10.9. The van der Waals surface area contributed by atoms with Gasteiger partial charge in [0, 0.05) is 10.9 Å². The molecule has 0 unspecified atom stereocenters. The zero-order valence-electron chi connectivity index (χ0n) is 9.15. The van der Waals surface area contributed by atoms with Crippen LogP contribution in [-0.4, -0.2) is 9.97 Å². The fraction of sp³-hybridized carbons (Fsp3) is 0.0714. The van der Waals surface area contributed by atoms with Crippen molar-refractivity contribution in [3.63, 3.8) is 0 Å². The number of hydrogen-bond acceptors (Lipinski definition) is 1. The minimum Gasteiger partial charge on any atom is -0.342 e. The number of aromatic amines is 1. The first-order valence-electron chi connectivity index (χ1n) is 5.49. The van der Waals surface area contributed by atoms with Gasteiger partial charge in [0.05, 0.1) is 11.0 Å². The number of nitrogens with one attached hydrogen (secondary N) is 1. The Balaban J connectivity index is 1.92. The third kappa shape index (κ3) is 2.24. The molecule has 0 spiro atoms. The van der Waals surface area contributed by atoms with E-state index in [0.29, 0.717) is 0 Å². The monoisotopic (exact) mass is 286 g/mol. The molecule has 0 radical (unpaired) electrons.